The summed E-state index contributed by atoms with van der Waals surface area (Å²) >= 11 is 0. The van der Waals surface area contributed by atoms with Crippen molar-refractivity contribution >= 4 is 39.4 Å². The van der Waals surface area contributed by atoms with E-state index in [0.717, 1.165) is 54.3 Å². The predicted octanol–water partition coefficient (Wildman–Crippen LogP) is 4.92. The van der Waals surface area contributed by atoms with E-state index in [1.54, 1.807) is 25.5 Å². The van der Waals surface area contributed by atoms with Gasteiger partial charge in [-0.05, 0) is 56.3 Å². The van der Waals surface area contributed by atoms with Crippen LogP contribution in [0.1, 0.15) is 24.1 Å². The molecule has 186 valence electrons. The monoisotopic (exact) mass is 494 g/mol. The Labute approximate surface area is 214 Å². The second-order valence-electron chi connectivity index (χ2n) is 9.27. The second kappa shape index (κ2) is 9.57. The molecule has 0 saturated carbocycles. The van der Waals surface area contributed by atoms with E-state index in [1.807, 2.05) is 36.5 Å². The molecule has 0 spiro atoms. The molecule has 0 bridgehead atoms. The molecule has 0 aliphatic carbocycles. The topological polar surface area (TPSA) is 83.0 Å². The lowest BCUT2D eigenvalue weighted by Gasteiger charge is -2.37. The van der Waals surface area contributed by atoms with Crippen LogP contribution in [-0.4, -0.2) is 51.1 Å². The molecular formula is C28H27FN8. The number of hydrogen-bond donors (Lipinski definition) is 1. The molecule has 1 aromatic carbocycles. The van der Waals surface area contributed by atoms with Crippen molar-refractivity contribution in [1.29, 1.82) is 0 Å². The number of nitrogens with zero attached hydrogens (tertiary/aromatic N) is 7. The van der Waals surface area contributed by atoms with Gasteiger partial charge in [-0.15, -0.1) is 0 Å². The van der Waals surface area contributed by atoms with Crippen molar-refractivity contribution in [3.8, 4) is 0 Å². The van der Waals surface area contributed by atoms with Gasteiger partial charge >= 0.3 is 0 Å². The average molecular weight is 495 g/mol. The van der Waals surface area contributed by atoms with Gasteiger partial charge in [0, 0.05) is 55.1 Å². The number of benzene rings is 1. The SMILES string of the molecule is Cc1c(F)ccc2cc(C(C)Nc3ncnc4cccnc34)c(N3CCN(c4ccccn4)CC3)nc12. The number of rotatable bonds is 5. The summed E-state index contributed by atoms with van der Waals surface area (Å²) in [6, 6.07) is 15.0. The molecule has 1 aliphatic heterocycles. The van der Waals surface area contributed by atoms with Gasteiger partial charge in [0.15, 0.2) is 5.82 Å². The molecule has 5 aromatic rings. The molecule has 5 heterocycles. The Hall–Kier alpha value is -4.40. The maximum Gasteiger partial charge on any atom is 0.156 e. The summed E-state index contributed by atoms with van der Waals surface area (Å²) in [6.07, 6.45) is 5.10. The van der Waals surface area contributed by atoms with Crippen LogP contribution in [0.2, 0.25) is 0 Å². The Morgan fingerprint density at radius 3 is 2.49 bits per heavy atom. The highest BCUT2D eigenvalue weighted by Gasteiger charge is 2.25. The number of aryl methyl sites for hydroxylation is 1. The molecule has 0 radical (unpaired) electrons. The molecule has 1 saturated heterocycles. The fourth-order valence-electron chi connectivity index (χ4n) is 4.91. The first-order valence-electron chi connectivity index (χ1n) is 12.4. The summed E-state index contributed by atoms with van der Waals surface area (Å²) in [7, 11) is 0. The van der Waals surface area contributed by atoms with Gasteiger partial charge in [0.2, 0.25) is 0 Å². The van der Waals surface area contributed by atoms with Gasteiger partial charge in [-0.3, -0.25) is 4.98 Å². The fraction of sp³-hybridized carbons (Fsp3) is 0.250. The van der Waals surface area contributed by atoms with E-state index in [-0.39, 0.29) is 11.9 Å². The zero-order valence-corrected chi connectivity index (χ0v) is 20.8. The van der Waals surface area contributed by atoms with Crippen LogP contribution >= 0.6 is 0 Å². The normalized spacial score (nSPS) is 14.8. The highest BCUT2D eigenvalue weighted by Crippen LogP contribution is 2.33. The Morgan fingerprint density at radius 2 is 1.68 bits per heavy atom. The largest absolute Gasteiger partial charge is 0.361 e. The maximum absolute atomic E-state index is 14.5. The quantitative estimate of drug-likeness (QED) is 0.369. The van der Waals surface area contributed by atoms with E-state index in [2.05, 4.69) is 48.0 Å². The first-order chi connectivity index (χ1) is 18.1. The molecule has 6 rings (SSSR count). The van der Waals surface area contributed by atoms with Crippen molar-refractivity contribution in [2.75, 3.05) is 41.3 Å². The number of nitrogens with one attached hydrogen (secondary N) is 1. The summed E-state index contributed by atoms with van der Waals surface area (Å²) in [4.78, 5) is 27.4. The average Bonchev–Trinajstić information content (AvgIpc) is 2.95. The molecule has 1 atom stereocenters. The number of anilines is 3. The third-order valence-electron chi connectivity index (χ3n) is 6.95. The lowest BCUT2D eigenvalue weighted by Crippen LogP contribution is -2.47. The Bertz CT molecular complexity index is 1560. The third kappa shape index (κ3) is 4.37. The van der Waals surface area contributed by atoms with Crippen LogP contribution in [0.5, 0.6) is 0 Å². The molecule has 8 nitrogen and oxygen atoms in total. The summed E-state index contributed by atoms with van der Waals surface area (Å²) in [5.41, 5.74) is 3.76. The van der Waals surface area contributed by atoms with Crippen molar-refractivity contribution in [1.82, 2.24) is 24.9 Å². The third-order valence-corrected chi connectivity index (χ3v) is 6.95. The lowest BCUT2D eigenvalue weighted by atomic mass is 10.0. The molecule has 9 heteroatoms. The minimum absolute atomic E-state index is 0.133. The first kappa shape index (κ1) is 23.0. The molecule has 1 aliphatic rings. The summed E-state index contributed by atoms with van der Waals surface area (Å²) in [6.45, 7) is 7.07. The number of pyridine rings is 3. The highest BCUT2D eigenvalue weighted by atomic mass is 19.1. The second-order valence-corrected chi connectivity index (χ2v) is 9.27. The van der Waals surface area contributed by atoms with Crippen LogP contribution in [-0.2, 0) is 0 Å². The molecule has 37 heavy (non-hydrogen) atoms. The van der Waals surface area contributed by atoms with Gasteiger partial charge in [-0.2, -0.15) is 0 Å². The van der Waals surface area contributed by atoms with Crippen LogP contribution in [0.15, 0.2) is 67.3 Å². The minimum atomic E-state index is -0.247. The van der Waals surface area contributed by atoms with Crippen molar-refractivity contribution < 1.29 is 4.39 Å². The lowest BCUT2D eigenvalue weighted by molar-refractivity contribution is 0.620. The zero-order chi connectivity index (χ0) is 25.4. The van der Waals surface area contributed by atoms with Gasteiger partial charge in [0.25, 0.3) is 0 Å². The van der Waals surface area contributed by atoms with E-state index in [1.165, 1.54) is 6.07 Å². The van der Waals surface area contributed by atoms with Gasteiger partial charge in [0.05, 0.1) is 17.1 Å². The minimum Gasteiger partial charge on any atom is -0.361 e. The van der Waals surface area contributed by atoms with E-state index in [0.29, 0.717) is 22.4 Å². The van der Waals surface area contributed by atoms with Crippen molar-refractivity contribution in [2.45, 2.75) is 19.9 Å². The fourth-order valence-corrected chi connectivity index (χ4v) is 4.91. The standard InChI is InChI=1S/C28H27FN8/c1-18-22(29)9-8-20-16-21(19(2)34-27-26-23(32-17-33-27)6-5-11-31-26)28(35-25(18)20)37-14-12-36(13-15-37)24-7-3-4-10-30-24/h3-11,16-17,19H,12-15H2,1-2H3,(H,32,33,34). The molecule has 0 amide bonds. The summed E-state index contributed by atoms with van der Waals surface area (Å²) < 4.78 is 14.5. The zero-order valence-electron chi connectivity index (χ0n) is 20.8. The Kier molecular flexibility index (Phi) is 5.96. The van der Waals surface area contributed by atoms with Gasteiger partial charge in [0.1, 0.15) is 29.3 Å². The maximum atomic E-state index is 14.5. The number of hydrogen-bond acceptors (Lipinski definition) is 8. The van der Waals surface area contributed by atoms with Gasteiger partial charge in [-0.25, -0.2) is 24.3 Å². The van der Waals surface area contributed by atoms with E-state index in [9.17, 15) is 4.39 Å². The molecule has 1 N–H and O–H groups in total. The molecule has 1 fully saturated rings. The number of fused-ring (bicyclic) bond motifs is 2. The molecule has 1 unspecified atom stereocenters. The Balaban J connectivity index is 1.37. The summed E-state index contributed by atoms with van der Waals surface area (Å²) in [5, 5.41) is 4.44. The smallest absolute Gasteiger partial charge is 0.156 e. The molecule has 4 aromatic heterocycles. The van der Waals surface area contributed by atoms with Crippen molar-refractivity contribution in [2.24, 2.45) is 0 Å². The number of halogens is 1. The van der Waals surface area contributed by atoms with E-state index >= 15 is 0 Å². The predicted molar refractivity (Wildman–Crippen MR) is 144 cm³/mol. The number of piperazine rings is 1. The van der Waals surface area contributed by atoms with Crippen LogP contribution in [0, 0.1) is 12.7 Å². The van der Waals surface area contributed by atoms with Crippen LogP contribution in [0.25, 0.3) is 21.9 Å². The van der Waals surface area contributed by atoms with Gasteiger partial charge < -0.3 is 15.1 Å². The van der Waals surface area contributed by atoms with Crippen molar-refractivity contribution in [3.05, 3.63) is 84.2 Å². The first-order valence-corrected chi connectivity index (χ1v) is 12.4. The Morgan fingerprint density at radius 1 is 0.865 bits per heavy atom. The van der Waals surface area contributed by atoms with Crippen molar-refractivity contribution in [3.63, 3.8) is 0 Å². The van der Waals surface area contributed by atoms with Gasteiger partial charge in [-0.1, -0.05) is 6.07 Å². The van der Waals surface area contributed by atoms with E-state index in [4.69, 9.17) is 4.98 Å². The van der Waals surface area contributed by atoms with Crippen LogP contribution < -0.4 is 15.1 Å². The highest BCUT2D eigenvalue weighted by molar-refractivity contribution is 5.87. The van der Waals surface area contributed by atoms with E-state index < -0.39 is 0 Å². The summed E-state index contributed by atoms with van der Waals surface area (Å²) in [5.74, 6) is 2.25. The molecular weight excluding hydrogens is 467 g/mol. The number of aromatic nitrogens is 5. The van der Waals surface area contributed by atoms with Crippen LogP contribution in [0.3, 0.4) is 0 Å². The van der Waals surface area contributed by atoms with Crippen LogP contribution in [0.4, 0.5) is 21.8 Å².